The van der Waals surface area contributed by atoms with Gasteiger partial charge in [0.2, 0.25) is 0 Å². The number of hydrogen-bond acceptors (Lipinski definition) is 3. The quantitative estimate of drug-likeness (QED) is 0.502. The second-order valence-electron chi connectivity index (χ2n) is 4.85. The van der Waals surface area contributed by atoms with Gasteiger partial charge in [0.1, 0.15) is 5.82 Å². The minimum Gasteiger partial charge on any atom is -0.462 e. The summed E-state index contributed by atoms with van der Waals surface area (Å²) in [5.74, 6) is -1.08. The number of anilines is 1. The fourth-order valence-electron chi connectivity index (χ4n) is 2.05. The van der Waals surface area contributed by atoms with Crippen molar-refractivity contribution in [3.05, 3.63) is 65.5 Å². The zero-order chi connectivity index (χ0) is 15.1. The minimum atomic E-state index is -0.541. The van der Waals surface area contributed by atoms with Gasteiger partial charge < -0.3 is 10.5 Å². The van der Waals surface area contributed by atoms with E-state index >= 15 is 0 Å². The van der Waals surface area contributed by atoms with E-state index in [-0.39, 0.29) is 11.3 Å². The topological polar surface area (TPSA) is 52.3 Å². The molecule has 0 aliphatic carbocycles. The number of nitrogen functional groups attached to an aromatic ring is 1. The van der Waals surface area contributed by atoms with Crippen LogP contribution in [0.1, 0.15) is 28.8 Å². The molecule has 0 spiro atoms. The fraction of sp³-hybridized carbons (Fsp3) is 0.235. The van der Waals surface area contributed by atoms with E-state index in [0.717, 1.165) is 31.4 Å². The molecule has 0 fully saturated rings. The zero-order valence-electron chi connectivity index (χ0n) is 11.7. The highest BCUT2D eigenvalue weighted by molar-refractivity contribution is 5.90. The number of halogens is 1. The Morgan fingerprint density at radius 2 is 1.86 bits per heavy atom. The first kappa shape index (κ1) is 15.0. The molecule has 0 aliphatic rings. The first-order valence-corrected chi connectivity index (χ1v) is 6.92. The summed E-state index contributed by atoms with van der Waals surface area (Å²) in [4.78, 5) is 11.7. The summed E-state index contributed by atoms with van der Waals surface area (Å²) in [6, 6.07) is 13.8. The Labute approximate surface area is 123 Å². The number of benzene rings is 2. The number of nitrogens with two attached hydrogens (primary N) is 1. The Morgan fingerprint density at radius 3 is 2.57 bits per heavy atom. The summed E-state index contributed by atoms with van der Waals surface area (Å²) in [5.41, 5.74) is 7.12. The molecule has 0 radical (unpaired) electrons. The molecule has 2 rings (SSSR count). The standard InChI is InChI=1S/C17H18FNO2/c18-15-10-14(11-16(19)12-15)17(20)21-9-5-4-8-13-6-2-1-3-7-13/h1-3,6-7,10-12H,4-5,8-9,19H2. The third-order valence-electron chi connectivity index (χ3n) is 3.09. The van der Waals surface area contributed by atoms with Crippen molar-refractivity contribution in [3.63, 3.8) is 0 Å². The number of hydrogen-bond donors (Lipinski definition) is 1. The van der Waals surface area contributed by atoms with Gasteiger partial charge in [0, 0.05) is 5.69 Å². The lowest BCUT2D eigenvalue weighted by molar-refractivity contribution is 0.0498. The molecule has 110 valence electrons. The highest BCUT2D eigenvalue weighted by atomic mass is 19.1. The predicted octanol–water partition coefficient (Wildman–Crippen LogP) is 3.59. The smallest absolute Gasteiger partial charge is 0.338 e. The van der Waals surface area contributed by atoms with E-state index < -0.39 is 11.8 Å². The average molecular weight is 287 g/mol. The highest BCUT2D eigenvalue weighted by Crippen LogP contribution is 2.12. The van der Waals surface area contributed by atoms with Crippen molar-refractivity contribution in [1.29, 1.82) is 0 Å². The van der Waals surface area contributed by atoms with Crippen LogP contribution in [0.15, 0.2) is 48.5 Å². The molecule has 2 N–H and O–H groups in total. The van der Waals surface area contributed by atoms with E-state index in [0.29, 0.717) is 6.61 Å². The molecule has 0 atom stereocenters. The zero-order valence-corrected chi connectivity index (χ0v) is 11.7. The van der Waals surface area contributed by atoms with E-state index in [9.17, 15) is 9.18 Å². The van der Waals surface area contributed by atoms with Gasteiger partial charge in [-0.25, -0.2) is 9.18 Å². The third-order valence-corrected chi connectivity index (χ3v) is 3.09. The minimum absolute atomic E-state index is 0.149. The molecule has 2 aromatic rings. The fourth-order valence-corrected chi connectivity index (χ4v) is 2.05. The molecular formula is C17H18FNO2. The number of unbranched alkanes of at least 4 members (excludes halogenated alkanes) is 1. The van der Waals surface area contributed by atoms with E-state index in [4.69, 9.17) is 10.5 Å². The summed E-state index contributed by atoms with van der Waals surface area (Å²) < 4.78 is 18.2. The van der Waals surface area contributed by atoms with Gasteiger partial charge in [-0.05, 0) is 43.0 Å². The number of carbonyl (C=O) groups is 1. The first-order chi connectivity index (χ1) is 10.1. The van der Waals surface area contributed by atoms with Gasteiger partial charge in [-0.15, -0.1) is 0 Å². The number of ether oxygens (including phenoxy) is 1. The Kier molecular flexibility index (Phi) is 5.32. The molecule has 0 aliphatic heterocycles. The van der Waals surface area contributed by atoms with Crippen LogP contribution in [0.4, 0.5) is 10.1 Å². The van der Waals surface area contributed by atoms with Crippen LogP contribution in [-0.4, -0.2) is 12.6 Å². The molecule has 4 heteroatoms. The Morgan fingerprint density at radius 1 is 1.10 bits per heavy atom. The maximum Gasteiger partial charge on any atom is 0.338 e. The largest absolute Gasteiger partial charge is 0.462 e. The van der Waals surface area contributed by atoms with Crippen molar-refractivity contribution in [2.24, 2.45) is 0 Å². The molecule has 0 saturated carbocycles. The van der Waals surface area contributed by atoms with Gasteiger partial charge in [-0.1, -0.05) is 30.3 Å². The Balaban J connectivity index is 1.72. The predicted molar refractivity (Wildman–Crippen MR) is 80.5 cm³/mol. The lowest BCUT2D eigenvalue weighted by atomic mass is 10.1. The summed E-state index contributed by atoms with van der Waals surface area (Å²) in [6.45, 7) is 0.322. The van der Waals surface area contributed by atoms with Crippen LogP contribution in [0, 0.1) is 5.82 Å². The number of rotatable bonds is 6. The Bertz CT molecular complexity index is 579. The summed E-state index contributed by atoms with van der Waals surface area (Å²) in [6.07, 6.45) is 2.65. The van der Waals surface area contributed by atoms with Gasteiger partial charge in [0.25, 0.3) is 0 Å². The van der Waals surface area contributed by atoms with E-state index in [1.165, 1.54) is 11.6 Å². The van der Waals surface area contributed by atoms with Gasteiger partial charge in [-0.2, -0.15) is 0 Å². The van der Waals surface area contributed by atoms with Crippen LogP contribution in [0.2, 0.25) is 0 Å². The van der Waals surface area contributed by atoms with Crippen LogP contribution in [0.5, 0.6) is 0 Å². The lowest BCUT2D eigenvalue weighted by Crippen LogP contribution is -2.07. The van der Waals surface area contributed by atoms with Crippen molar-refractivity contribution in [2.45, 2.75) is 19.3 Å². The van der Waals surface area contributed by atoms with Crippen LogP contribution in [-0.2, 0) is 11.2 Å². The van der Waals surface area contributed by atoms with Crippen LogP contribution >= 0.6 is 0 Å². The molecule has 0 bridgehead atoms. The van der Waals surface area contributed by atoms with Gasteiger partial charge >= 0.3 is 5.97 Å². The molecule has 0 aromatic heterocycles. The third kappa shape index (κ3) is 4.91. The van der Waals surface area contributed by atoms with Gasteiger partial charge in [-0.3, -0.25) is 0 Å². The molecule has 0 saturated heterocycles. The van der Waals surface area contributed by atoms with Crippen molar-refractivity contribution < 1.29 is 13.9 Å². The highest BCUT2D eigenvalue weighted by Gasteiger charge is 2.09. The summed E-state index contributed by atoms with van der Waals surface area (Å²) in [5, 5.41) is 0. The Hall–Kier alpha value is -2.36. The molecule has 0 amide bonds. The van der Waals surface area contributed by atoms with Crippen LogP contribution < -0.4 is 5.73 Å². The molecule has 21 heavy (non-hydrogen) atoms. The maximum absolute atomic E-state index is 13.1. The summed E-state index contributed by atoms with van der Waals surface area (Å²) >= 11 is 0. The summed E-state index contributed by atoms with van der Waals surface area (Å²) in [7, 11) is 0. The van der Waals surface area contributed by atoms with Gasteiger partial charge in [0.05, 0.1) is 12.2 Å². The van der Waals surface area contributed by atoms with E-state index in [2.05, 4.69) is 12.1 Å². The maximum atomic E-state index is 13.1. The second kappa shape index (κ2) is 7.43. The van der Waals surface area contributed by atoms with Crippen molar-refractivity contribution in [3.8, 4) is 0 Å². The molecule has 0 unspecified atom stereocenters. The van der Waals surface area contributed by atoms with Crippen molar-refractivity contribution in [2.75, 3.05) is 12.3 Å². The molecule has 3 nitrogen and oxygen atoms in total. The monoisotopic (exact) mass is 287 g/mol. The number of esters is 1. The SMILES string of the molecule is Nc1cc(F)cc(C(=O)OCCCCc2ccccc2)c1. The average Bonchev–Trinajstić information content (AvgIpc) is 2.47. The van der Waals surface area contributed by atoms with Crippen molar-refractivity contribution >= 4 is 11.7 Å². The van der Waals surface area contributed by atoms with Crippen LogP contribution in [0.25, 0.3) is 0 Å². The van der Waals surface area contributed by atoms with Gasteiger partial charge in [0.15, 0.2) is 0 Å². The lowest BCUT2D eigenvalue weighted by Gasteiger charge is -2.06. The molecular weight excluding hydrogens is 269 g/mol. The number of aryl methyl sites for hydroxylation is 1. The molecule has 2 aromatic carbocycles. The van der Waals surface area contributed by atoms with E-state index in [1.54, 1.807) is 0 Å². The first-order valence-electron chi connectivity index (χ1n) is 6.92. The second-order valence-corrected chi connectivity index (χ2v) is 4.85. The van der Waals surface area contributed by atoms with E-state index in [1.807, 2.05) is 18.2 Å². The molecule has 0 heterocycles. The normalized spacial score (nSPS) is 10.3. The number of carbonyl (C=O) groups excluding carboxylic acids is 1. The van der Waals surface area contributed by atoms with Crippen molar-refractivity contribution in [1.82, 2.24) is 0 Å². The van der Waals surface area contributed by atoms with Crippen LogP contribution in [0.3, 0.4) is 0 Å².